The van der Waals surface area contributed by atoms with Crippen molar-refractivity contribution in [2.75, 3.05) is 0 Å². The summed E-state index contributed by atoms with van der Waals surface area (Å²) in [6.45, 7) is 1.92. The Morgan fingerprint density at radius 1 is 1.31 bits per heavy atom. The molecule has 0 aliphatic heterocycles. The number of hydrogen-bond acceptors (Lipinski definition) is 1. The van der Waals surface area contributed by atoms with Crippen LogP contribution in [0.2, 0.25) is 0 Å². The predicted molar refractivity (Wildman–Crippen MR) is 56.9 cm³/mol. The molecular weight excluding hydrogens is 217 g/mol. The van der Waals surface area contributed by atoms with Gasteiger partial charge in [0, 0.05) is 0 Å². The van der Waals surface area contributed by atoms with Crippen LogP contribution in [0.5, 0.6) is 0 Å². The van der Waals surface area contributed by atoms with E-state index in [1.54, 1.807) is 12.1 Å². The van der Waals surface area contributed by atoms with Gasteiger partial charge in [-0.3, -0.25) is 0 Å². The van der Waals surface area contributed by atoms with Crippen LogP contribution in [0.25, 0.3) is 6.08 Å². The largest absolute Gasteiger partial charge is 0.417 e. The topological polar surface area (TPSA) is 20.2 Å². The zero-order chi connectivity index (χ0) is 12.2. The molecule has 1 unspecified atom stereocenters. The minimum Gasteiger partial charge on any atom is -0.380 e. The molecule has 0 saturated heterocycles. The number of aryl methyl sites for hydroxylation is 1. The summed E-state index contributed by atoms with van der Waals surface area (Å²) in [6.07, 6.45) is -4.21. The normalized spacial score (nSPS) is 14.3. The quantitative estimate of drug-likeness (QED) is 0.845. The summed E-state index contributed by atoms with van der Waals surface area (Å²) in [5, 5.41) is 8.80. The maximum absolute atomic E-state index is 12.0. The van der Waals surface area contributed by atoms with Crippen LogP contribution in [-0.2, 0) is 6.42 Å². The highest BCUT2D eigenvalue weighted by atomic mass is 19.4. The molecule has 0 saturated carbocycles. The summed E-state index contributed by atoms with van der Waals surface area (Å²) in [5.74, 6) is 0. The van der Waals surface area contributed by atoms with Gasteiger partial charge in [-0.05, 0) is 23.6 Å². The fourth-order valence-electron chi connectivity index (χ4n) is 1.32. The third kappa shape index (κ3) is 3.38. The van der Waals surface area contributed by atoms with Crippen LogP contribution in [0, 0.1) is 0 Å². The Bertz CT molecular complexity index is 369. The van der Waals surface area contributed by atoms with E-state index in [2.05, 4.69) is 0 Å². The summed E-state index contributed by atoms with van der Waals surface area (Å²) >= 11 is 0. The van der Waals surface area contributed by atoms with Crippen LogP contribution in [0.1, 0.15) is 18.1 Å². The van der Waals surface area contributed by atoms with Crippen molar-refractivity contribution >= 4 is 6.08 Å². The van der Waals surface area contributed by atoms with E-state index in [4.69, 9.17) is 5.11 Å². The SMILES string of the molecule is CCc1ccccc1/C=C/C(O)C(F)(F)F. The lowest BCUT2D eigenvalue weighted by atomic mass is 10.0. The summed E-state index contributed by atoms with van der Waals surface area (Å²) in [6, 6.07) is 7.15. The Kier molecular flexibility index (Phi) is 4.12. The molecule has 4 heteroatoms. The highest BCUT2D eigenvalue weighted by Gasteiger charge is 2.36. The van der Waals surface area contributed by atoms with Crippen LogP contribution >= 0.6 is 0 Å². The number of aliphatic hydroxyl groups is 1. The van der Waals surface area contributed by atoms with Crippen LogP contribution in [0.3, 0.4) is 0 Å². The fourth-order valence-corrected chi connectivity index (χ4v) is 1.32. The van der Waals surface area contributed by atoms with Crippen molar-refractivity contribution < 1.29 is 18.3 Å². The molecule has 0 aromatic heterocycles. The molecule has 1 aromatic rings. The number of rotatable bonds is 3. The first-order chi connectivity index (χ1) is 7.45. The van der Waals surface area contributed by atoms with Gasteiger partial charge in [-0.15, -0.1) is 0 Å². The van der Waals surface area contributed by atoms with E-state index < -0.39 is 12.3 Å². The maximum Gasteiger partial charge on any atom is 0.417 e. The van der Waals surface area contributed by atoms with E-state index in [1.165, 1.54) is 6.08 Å². The van der Waals surface area contributed by atoms with Crippen molar-refractivity contribution in [1.29, 1.82) is 0 Å². The average Bonchev–Trinajstić information content (AvgIpc) is 2.24. The van der Waals surface area contributed by atoms with Gasteiger partial charge in [0.2, 0.25) is 0 Å². The van der Waals surface area contributed by atoms with E-state index in [-0.39, 0.29) is 0 Å². The minimum absolute atomic E-state index is 0.702. The van der Waals surface area contributed by atoms with Gasteiger partial charge in [-0.25, -0.2) is 0 Å². The van der Waals surface area contributed by atoms with Crippen molar-refractivity contribution in [3.05, 3.63) is 41.5 Å². The molecule has 0 spiro atoms. The smallest absolute Gasteiger partial charge is 0.380 e. The highest BCUT2D eigenvalue weighted by Crippen LogP contribution is 2.22. The van der Waals surface area contributed by atoms with Gasteiger partial charge in [0.05, 0.1) is 0 Å². The van der Waals surface area contributed by atoms with Gasteiger partial charge in [0.1, 0.15) is 0 Å². The lowest BCUT2D eigenvalue weighted by molar-refractivity contribution is -0.187. The van der Waals surface area contributed by atoms with Crippen LogP contribution in [0.4, 0.5) is 13.2 Å². The minimum atomic E-state index is -4.60. The van der Waals surface area contributed by atoms with Crippen molar-refractivity contribution in [3.63, 3.8) is 0 Å². The fraction of sp³-hybridized carbons (Fsp3) is 0.333. The van der Waals surface area contributed by atoms with E-state index in [9.17, 15) is 13.2 Å². The number of hydrogen-bond donors (Lipinski definition) is 1. The van der Waals surface area contributed by atoms with E-state index in [0.717, 1.165) is 18.1 Å². The molecule has 0 aliphatic carbocycles. The second kappa shape index (κ2) is 5.16. The summed E-state index contributed by atoms with van der Waals surface area (Å²) in [7, 11) is 0. The molecule has 0 heterocycles. The number of alkyl halides is 3. The Hall–Kier alpha value is -1.29. The van der Waals surface area contributed by atoms with Gasteiger partial charge < -0.3 is 5.11 Å². The Morgan fingerprint density at radius 2 is 1.94 bits per heavy atom. The zero-order valence-corrected chi connectivity index (χ0v) is 8.83. The van der Waals surface area contributed by atoms with E-state index >= 15 is 0 Å². The monoisotopic (exact) mass is 230 g/mol. The number of aliphatic hydroxyl groups excluding tert-OH is 1. The molecule has 1 aromatic carbocycles. The zero-order valence-electron chi connectivity index (χ0n) is 8.83. The Balaban J connectivity index is 2.84. The van der Waals surface area contributed by atoms with E-state index in [0.29, 0.717) is 5.56 Å². The summed E-state index contributed by atoms with van der Waals surface area (Å²) in [5.41, 5.74) is 1.65. The van der Waals surface area contributed by atoms with Gasteiger partial charge in [-0.1, -0.05) is 37.3 Å². The van der Waals surface area contributed by atoms with Crippen molar-refractivity contribution in [3.8, 4) is 0 Å². The van der Waals surface area contributed by atoms with Gasteiger partial charge in [0.15, 0.2) is 6.10 Å². The first kappa shape index (κ1) is 12.8. The molecule has 0 radical (unpaired) electrons. The van der Waals surface area contributed by atoms with Gasteiger partial charge in [-0.2, -0.15) is 13.2 Å². The van der Waals surface area contributed by atoms with Crippen molar-refractivity contribution in [2.24, 2.45) is 0 Å². The molecule has 16 heavy (non-hydrogen) atoms. The van der Waals surface area contributed by atoms with Crippen molar-refractivity contribution in [1.82, 2.24) is 0 Å². The van der Waals surface area contributed by atoms with E-state index in [1.807, 2.05) is 19.1 Å². The van der Waals surface area contributed by atoms with Crippen LogP contribution < -0.4 is 0 Å². The third-order valence-corrected chi connectivity index (χ3v) is 2.23. The average molecular weight is 230 g/mol. The molecule has 1 rings (SSSR count). The predicted octanol–water partition coefficient (Wildman–Crippen LogP) is 3.19. The lowest BCUT2D eigenvalue weighted by Crippen LogP contribution is -2.25. The Morgan fingerprint density at radius 3 is 2.50 bits per heavy atom. The second-order valence-corrected chi connectivity index (χ2v) is 3.40. The molecule has 0 amide bonds. The van der Waals surface area contributed by atoms with Gasteiger partial charge >= 0.3 is 6.18 Å². The first-order valence-electron chi connectivity index (χ1n) is 4.96. The second-order valence-electron chi connectivity index (χ2n) is 3.40. The standard InChI is InChI=1S/C12H13F3O/c1-2-9-5-3-4-6-10(9)7-8-11(16)12(13,14)15/h3-8,11,16H,2H2,1H3/b8-7+. The summed E-state index contributed by atoms with van der Waals surface area (Å²) in [4.78, 5) is 0. The van der Waals surface area contributed by atoms with Gasteiger partial charge in [0.25, 0.3) is 0 Å². The maximum atomic E-state index is 12.0. The highest BCUT2D eigenvalue weighted by molar-refractivity contribution is 5.54. The number of halogens is 3. The third-order valence-electron chi connectivity index (χ3n) is 2.23. The Labute approximate surface area is 92.2 Å². The number of benzene rings is 1. The lowest BCUT2D eigenvalue weighted by Gasteiger charge is -2.10. The molecule has 0 fully saturated rings. The molecule has 0 bridgehead atoms. The molecule has 1 nitrogen and oxygen atoms in total. The first-order valence-corrected chi connectivity index (χ1v) is 4.96. The molecular formula is C12H13F3O. The van der Waals surface area contributed by atoms with Crippen molar-refractivity contribution in [2.45, 2.75) is 25.6 Å². The molecule has 88 valence electrons. The summed E-state index contributed by atoms with van der Waals surface area (Å²) < 4.78 is 36.1. The molecule has 1 N–H and O–H groups in total. The molecule has 1 atom stereocenters. The van der Waals surface area contributed by atoms with Crippen LogP contribution in [-0.4, -0.2) is 17.4 Å². The molecule has 0 aliphatic rings. The van der Waals surface area contributed by atoms with Crippen LogP contribution in [0.15, 0.2) is 30.3 Å².